The van der Waals surface area contributed by atoms with Crippen LogP contribution in [-0.4, -0.2) is 12.1 Å². The summed E-state index contributed by atoms with van der Waals surface area (Å²) in [6.07, 6.45) is 20.5. The van der Waals surface area contributed by atoms with Crippen molar-refractivity contribution in [2.45, 2.75) is 90.6 Å². The van der Waals surface area contributed by atoms with E-state index in [0.29, 0.717) is 0 Å². The molecular weight excluding hydrogens is 260 g/mol. The third-order valence-electron chi connectivity index (χ3n) is 3.96. The first-order valence-corrected chi connectivity index (χ1v) is 8.83. The van der Waals surface area contributed by atoms with Gasteiger partial charge in [-0.3, -0.25) is 0 Å². The second-order valence-electron chi connectivity index (χ2n) is 6.11. The van der Waals surface area contributed by atoms with Crippen molar-refractivity contribution in [1.82, 2.24) is 0 Å². The van der Waals surface area contributed by atoms with E-state index in [4.69, 9.17) is 4.74 Å². The average Bonchev–Trinajstić information content (AvgIpc) is 2.78. The fraction of sp³-hybridized carbons (Fsp3) is 0.737. The van der Waals surface area contributed by atoms with Gasteiger partial charge >= 0.3 is 5.97 Å². The number of unbranched alkanes of at least 4 members (excludes halogenated alkanes) is 10. The van der Waals surface area contributed by atoms with Gasteiger partial charge in [0.2, 0.25) is 0 Å². The van der Waals surface area contributed by atoms with E-state index >= 15 is 0 Å². The molecule has 1 aliphatic heterocycles. The van der Waals surface area contributed by atoms with E-state index in [-0.39, 0.29) is 12.1 Å². The standard InChI is InChI=1S/C19H32O2/c1-3-4-5-6-7-8-9-10-11-12-13-14-15-18-16-17(2)21-19(18)20/h14-17H,3-13H2,1-2H3/b15-14+/t17-/m0/s1. The molecule has 0 fully saturated rings. The smallest absolute Gasteiger partial charge is 0.338 e. The number of cyclic esters (lactones) is 1. The number of hydrogen-bond donors (Lipinski definition) is 0. The van der Waals surface area contributed by atoms with Gasteiger partial charge in [0.1, 0.15) is 6.10 Å². The van der Waals surface area contributed by atoms with Crippen molar-refractivity contribution < 1.29 is 9.53 Å². The highest BCUT2D eigenvalue weighted by Crippen LogP contribution is 2.15. The largest absolute Gasteiger partial charge is 0.455 e. The van der Waals surface area contributed by atoms with Crippen LogP contribution in [0.5, 0.6) is 0 Å². The molecule has 0 aliphatic carbocycles. The van der Waals surface area contributed by atoms with Crippen LogP contribution in [0.2, 0.25) is 0 Å². The second-order valence-corrected chi connectivity index (χ2v) is 6.11. The maximum absolute atomic E-state index is 11.4. The summed E-state index contributed by atoms with van der Waals surface area (Å²) in [4.78, 5) is 11.4. The molecule has 0 bridgehead atoms. The number of carbonyl (C=O) groups is 1. The molecule has 0 saturated heterocycles. The summed E-state index contributed by atoms with van der Waals surface area (Å²) in [6.45, 7) is 4.15. The van der Waals surface area contributed by atoms with Crippen molar-refractivity contribution in [2.24, 2.45) is 0 Å². The molecule has 0 N–H and O–H groups in total. The van der Waals surface area contributed by atoms with Gasteiger partial charge in [-0.2, -0.15) is 0 Å². The lowest BCUT2D eigenvalue weighted by atomic mass is 10.1. The van der Waals surface area contributed by atoms with Crippen molar-refractivity contribution in [1.29, 1.82) is 0 Å². The van der Waals surface area contributed by atoms with Crippen LogP contribution in [0.3, 0.4) is 0 Å². The summed E-state index contributed by atoms with van der Waals surface area (Å²) in [5, 5.41) is 0. The molecule has 1 heterocycles. The Morgan fingerprint density at radius 2 is 1.57 bits per heavy atom. The Balaban J connectivity index is 1.89. The van der Waals surface area contributed by atoms with Gasteiger partial charge in [-0.25, -0.2) is 4.79 Å². The van der Waals surface area contributed by atoms with Gasteiger partial charge in [0, 0.05) is 0 Å². The molecule has 0 aromatic carbocycles. The van der Waals surface area contributed by atoms with E-state index in [2.05, 4.69) is 13.0 Å². The molecule has 1 aliphatic rings. The van der Waals surface area contributed by atoms with Crippen LogP contribution in [0.25, 0.3) is 0 Å². The lowest BCUT2D eigenvalue weighted by Crippen LogP contribution is -2.02. The van der Waals surface area contributed by atoms with Gasteiger partial charge in [0.25, 0.3) is 0 Å². The lowest BCUT2D eigenvalue weighted by Gasteiger charge is -2.01. The van der Waals surface area contributed by atoms with Gasteiger partial charge in [-0.05, 0) is 25.8 Å². The average molecular weight is 292 g/mol. The highest BCUT2D eigenvalue weighted by atomic mass is 16.5. The van der Waals surface area contributed by atoms with Crippen LogP contribution < -0.4 is 0 Å². The first kappa shape index (κ1) is 18.0. The Hall–Kier alpha value is -1.05. The van der Waals surface area contributed by atoms with Crippen molar-refractivity contribution >= 4 is 5.97 Å². The molecule has 0 amide bonds. The summed E-state index contributed by atoms with van der Waals surface area (Å²) in [5.41, 5.74) is 0.717. The number of hydrogen-bond acceptors (Lipinski definition) is 2. The number of esters is 1. The summed E-state index contributed by atoms with van der Waals surface area (Å²) in [5.74, 6) is -0.179. The molecular formula is C19H32O2. The molecule has 0 saturated carbocycles. The van der Waals surface area contributed by atoms with Crippen LogP contribution in [0.15, 0.2) is 23.8 Å². The third kappa shape index (κ3) is 8.75. The normalized spacial score (nSPS) is 18.3. The zero-order valence-electron chi connectivity index (χ0n) is 13.9. The van der Waals surface area contributed by atoms with Gasteiger partial charge in [0.15, 0.2) is 0 Å². The quantitative estimate of drug-likeness (QED) is 0.339. The summed E-state index contributed by atoms with van der Waals surface area (Å²) in [6, 6.07) is 0. The molecule has 1 atom stereocenters. The number of rotatable bonds is 12. The van der Waals surface area contributed by atoms with Crippen molar-refractivity contribution in [3.63, 3.8) is 0 Å². The third-order valence-corrected chi connectivity index (χ3v) is 3.96. The lowest BCUT2D eigenvalue weighted by molar-refractivity contribution is -0.138. The first-order valence-electron chi connectivity index (χ1n) is 8.83. The van der Waals surface area contributed by atoms with Crippen LogP contribution in [0.1, 0.15) is 84.5 Å². The summed E-state index contributed by atoms with van der Waals surface area (Å²) in [7, 11) is 0. The van der Waals surface area contributed by atoms with Gasteiger partial charge in [-0.15, -0.1) is 0 Å². The minimum absolute atomic E-state index is 0.0607. The number of ether oxygens (including phenoxy) is 1. The van der Waals surface area contributed by atoms with Crippen LogP contribution in [0, 0.1) is 0 Å². The Morgan fingerprint density at radius 1 is 1.00 bits per heavy atom. The van der Waals surface area contributed by atoms with E-state index in [9.17, 15) is 4.79 Å². The van der Waals surface area contributed by atoms with E-state index in [0.717, 1.165) is 12.0 Å². The van der Waals surface area contributed by atoms with E-state index in [1.807, 2.05) is 19.1 Å². The maximum Gasteiger partial charge on any atom is 0.338 e. The first-order chi connectivity index (χ1) is 10.2. The molecule has 0 unspecified atom stereocenters. The molecule has 0 spiro atoms. The molecule has 0 aromatic heterocycles. The molecule has 21 heavy (non-hydrogen) atoms. The van der Waals surface area contributed by atoms with Crippen LogP contribution >= 0.6 is 0 Å². The van der Waals surface area contributed by atoms with Gasteiger partial charge < -0.3 is 4.74 Å². The van der Waals surface area contributed by atoms with E-state index in [1.54, 1.807) is 0 Å². The second kappa shape index (κ2) is 11.6. The van der Waals surface area contributed by atoms with Crippen molar-refractivity contribution in [3.8, 4) is 0 Å². The zero-order chi connectivity index (χ0) is 15.3. The molecule has 120 valence electrons. The fourth-order valence-electron chi connectivity index (χ4n) is 2.68. The minimum Gasteiger partial charge on any atom is -0.455 e. The zero-order valence-corrected chi connectivity index (χ0v) is 13.9. The topological polar surface area (TPSA) is 26.3 Å². The minimum atomic E-state index is -0.179. The maximum atomic E-state index is 11.4. The molecule has 2 nitrogen and oxygen atoms in total. The fourth-order valence-corrected chi connectivity index (χ4v) is 2.68. The molecule has 2 heteroatoms. The molecule has 1 rings (SSSR count). The number of carbonyl (C=O) groups excluding carboxylic acids is 1. The Bertz CT molecular complexity index is 341. The van der Waals surface area contributed by atoms with Crippen LogP contribution in [-0.2, 0) is 9.53 Å². The summed E-state index contributed by atoms with van der Waals surface area (Å²) >= 11 is 0. The van der Waals surface area contributed by atoms with Crippen molar-refractivity contribution in [3.05, 3.63) is 23.8 Å². The highest BCUT2D eigenvalue weighted by molar-refractivity contribution is 5.93. The predicted molar refractivity (Wildman–Crippen MR) is 89.2 cm³/mol. The van der Waals surface area contributed by atoms with E-state index in [1.165, 1.54) is 64.2 Å². The number of allylic oxidation sites excluding steroid dienone is 1. The van der Waals surface area contributed by atoms with Crippen LogP contribution in [0.4, 0.5) is 0 Å². The van der Waals surface area contributed by atoms with E-state index < -0.39 is 0 Å². The Labute approximate surface area is 130 Å². The molecule has 0 aromatic rings. The Morgan fingerprint density at radius 3 is 2.10 bits per heavy atom. The SMILES string of the molecule is CCCCCCCCCCCC/C=C/C1=C[C@H](C)OC1=O. The van der Waals surface area contributed by atoms with Gasteiger partial charge in [0.05, 0.1) is 5.57 Å². The highest BCUT2D eigenvalue weighted by Gasteiger charge is 2.19. The molecule has 0 radical (unpaired) electrons. The monoisotopic (exact) mass is 292 g/mol. The summed E-state index contributed by atoms with van der Waals surface area (Å²) < 4.78 is 5.05. The predicted octanol–water partition coefficient (Wildman–Crippen LogP) is 5.73. The van der Waals surface area contributed by atoms with Crippen molar-refractivity contribution in [2.75, 3.05) is 0 Å². The Kier molecular flexibility index (Phi) is 9.94. The van der Waals surface area contributed by atoms with Gasteiger partial charge in [-0.1, -0.05) is 76.9 Å².